The third-order valence-electron chi connectivity index (χ3n) is 3.55. The lowest BCUT2D eigenvalue weighted by atomic mass is 10.2. The third-order valence-corrected chi connectivity index (χ3v) is 5.77. The Morgan fingerprint density at radius 2 is 1.58 bits per heavy atom. The highest BCUT2D eigenvalue weighted by atomic mass is 31.2. The van der Waals surface area contributed by atoms with Gasteiger partial charge in [-0.1, -0.05) is 42.5 Å². The molecule has 0 aliphatic rings. The van der Waals surface area contributed by atoms with E-state index in [1.54, 1.807) is 13.8 Å². The maximum atomic E-state index is 12.7. The molecule has 5 nitrogen and oxygen atoms in total. The molecule has 6 heteroatoms. The number of anilines is 1. The molecular formula is C18H25N2O3P. The zero-order valence-electron chi connectivity index (χ0n) is 14.1. The standard InChI is InChI=1S/C18H25N2O3P/c1-3-22-24(21,23-4-2)18(19)16-10-12-17(13-11-16)20-14-15-8-6-5-7-9-15/h5-13,18,20H,3-4,14,19H2,1-2H3/t18-/m1/s1. The fraction of sp³-hybridized carbons (Fsp3) is 0.333. The second kappa shape index (κ2) is 9.00. The minimum atomic E-state index is -3.35. The monoisotopic (exact) mass is 348 g/mol. The third kappa shape index (κ3) is 4.92. The Morgan fingerprint density at radius 1 is 1.00 bits per heavy atom. The Hall–Kier alpha value is -1.65. The molecule has 0 unspecified atom stereocenters. The first-order valence-electron chi connectivity index (χ1n) is 8.11. The lowest BCUT2D eigenvalue weighted by Crippen LogP contribution is -2.15. The van der Waals surface area contributed by atoms with Crippen LogP contribution < -0.4 is 11.1 Å². The van der Waals surface area contributed by atoms with Crippen molar-refractivity contribution < 1.29 is 13.6 Å². The fourth-order valence-electron chi connectivity index (χ4n) is 2.34. The van der Waals surface area contributed by atoms with Crippen LogP contribution in [0.3, 0.4) is 0 Å². The van der Waals surface area contributed by atoms with E-state index in [1.807, 2.05) is 42.5 Å². The molecule has 0 aliphatic heterocycles. The van der Waals surface area contributed by atoms with Crippen LogP contribution in [0, 0.1) is 0 Å². The second-order valence-corrected chi connectivity index (χ2v) is 7.43. The van der Waals surface area contributed by atoms with Crippen LogP contribution in [0.4, 0.5) is 5.69 Å². The van der Waals surface area contributed by atoms with Gasteiger partial charge in [-0.25, -0.2) is 0 Å². The zero-order valence-corrected chi connectivity index (χ0v) is 15.0. The number of hydrogen-bond donors (Lipinski definition) is 2. The van der Waals surface area contributed by atoms with Crippen molar-refractivity contribution in [2.75, 3.05) is 18.5 Å². The Labute approximate surface area is 143 Å². The smallest absolute Gasteiger partial charge is 0.351 e. The Morgan fingerprint density at radius 3 is 2.12 bits per heavy atom. The van der Waals surface area contributed by atoms with Crippen LogP contribution in [-0.4, -0.2) is 13.2 Å². The fourth-order valence-corrected chi connectivity index (χ4v) is 3.99. The van der Waals surface area contributed by atoms with Gasteiger partial charge in [0.25, 0.3) is 0 Å². The Balaban J connectivity index is 2.03. The van der Waals surface area contributed by atoms with Gasteiger partial charge in [-0.15, -0.1) is 0 Å². The average Bonchev–Trinajstić information content (AvgIpc) is 2.61. The van der Waals surface area contributed by atoms with Crippen molar-refractivity contribution in [1.82, 2.24) is 0 Å². The van der Waals surface area contributed by atoms with Crippen molar-refractivity contribution in [2.24, 2.45) is 5.73 Å². The van der Waals surface area contributed by atoms with Gasteiger partial charge in [-0.3, -0.25) is 4.57 Å². The average molecular weight is 348 g/mol. The minimum Gasteiger partial charge on any atom is -0.381 e. The quantitative estimate of drug-likeness (QED) is 0.652. The van der Waals surface area contributed by atoms with E-state index in [2.05, 4.69) is 17.4 Å². The number of benzene rings is 2. The van der Waals surface area contributed by atoms with Crippen molar-refractivity contribution >= 4 is 13.3 Å². The van der Waals surface area contributed by atoms with Crippen molar-refractivity contribution in [1.29, 1.82) is 0 Å². The number of hydrogen-bond acceptors (Lipinski definition) is 5. The van der Waals surface area contributed by atoms with Crippen LogP contribution in [-0.2, 0) is 20.2 Å². The van der Waals surface area contributed by atoms with Crippen molar-refractivity contribution in [3.63, 3.8) is 0 Å². The summed E-state index contributed by atoms with van der Waals surface area (Å²) in [7, 11) is -3.35. The molecule has 0 aromatic heterocycles. The van der Waals surface area contributed by atoms with Crippen molar-refractivity contribution in [3.8, 4) is 0 Å². The largest absolute Gasteiger partial charge is 0.381 e. The summed E-state index contributed by atoms with van der Waals surface area (Å²) in [6.45, 7) is 4.87. The summed E-state index contributed by atoms with van der Waals surface area (Å²) in [4.78, 5) is 0. The highest BCUT2D eigenvalue weighted by Crippen LogP contribution is 2.58. The van der Waals surface area contributed by atoms with Crippen LogP contribution in [0.15, 0.2) is 54.6 Å². The van der Waals surface area contributed by atoms with E-state index in [-0.39, 0.29) is 0 Å². The van der Waals surface area contributed by atoms with E-state index < -0.39 is 13.4 Å². The number of nitrogens with two attached hydrogens (primary N) is 1. The summed E-state index contributed by atoms with van der Waals surface area (Å²) in [5.41, 5.74) is 9.03. The van der Waals surface area contributed by atoms with E-state index >= 15 is 0 Å². The molecule has 24 heavy (non-hydrogen) atoms. The van der Waals surface area contributed by atoms with E-state index in [1.165, 1.54) is 5.56 Å². The maximum Gasteiger partial charge on any atom is 0.351 e. The van der Waals surface area contributed by atoms with Crippen LogP contribution in [0.5, 0.6) is 0 Å². The molecule has 130 valence electrons. The number of rotatable bonds is 9. The second-order valence-electron chi connectivity index (χ2n) is 5.28. The predicted molar refractivity (Wildman–Crippen MR) is 98.0 cm³/mol. The van der Waals surface area contributed by atoms with Gasteiger partial charge >= 0.3 is 7.60 Å². The van der Waals surface area contributed by atoms with E-state index in [9.17, 15) is 4.57 Å². The SMILES string of the molecule is CCOP(=O)(OCC)[C@@H](N)c1ccc(NCc2ccccc2)cc1. The van der Waals surface area contributed by atoms with Crippen LogP contribution >= 0.6 is 7.60 Å². The molecule has 0 fully saturated rings. The summed E-state index contributed by atoms with van der Waals surface area (Å²) >= 11 is 0. The summed E-state index contributed by atoms with van der Waals surface area (Å²) in [6.07, 6.45) is 0. The topological polar surface area (TPSA) is 73.6 Å². The summed E-state index contributed by atoms with van der Waals surface area (Å²) in [6, 6.07) is 17.7. The molecule has 0 radical (unpaired) electrons. The molecule has 2 aromatic rings. The minimum absolute atomic E-state index is 0.293. The van der Waals surface area contributed by atoms with Gasteiger partial charge in [0.2, 0.25) is 0 Å². The molecule has 2 aromatic carbocycles. The highest BCUT2D eigenvalue weighted by Gasteiger charge is 2.33. The lowest BCUT2D eigenvalue weighted by Gasteiger charge is -2.23. The molecule has 0 bridgehead atoms. The normalized spacial score (nSPS) is 12.8. The van der Waals surface area contributed by atoms with Gasteiger partial charge in [0, 0.05) is 12.2 Å². The van der Waals surface area contributed by atoms with Gasteiger partial charge in [0.05, 0.1) is 13.2 Å². The summed E-state index contributed by atoms with van der Waals surface area (Å²) < 4.78 is 23.4. The Kier molecular flexibility index (Phi) is 7.00. The Bertz CT molecular complexity index is 652. The molecule has 0 spiro atoms. The van der Waals surface area contributed by atoms with E-state index in [4.69, 9.17) is 14.8 Å². The molecule has 0 amide bonds. The van der Waals surface area contributed by atoms with Gasteiger partial charge < -0.3 is 20.1 Å². The zero-order chi connectivity index (χ0) is 17.4. The highest BCUT2D eigenvalue weighted by molar-refractivity contribution is 7.54. The van der Waals surface area contributed by atoms with Gasteiger partial charge in [0.15, 0.2) is 0 Å². The van der Waals surface area contributed by atoms with Crippen molar-refractivity contribution in [2.45, 2.75) is 26.2 Å². The first-order chi connectivity index (χ1) is 11.6. The van der Waals surface area contributed by atoms with Crippen LogP contribution in [0.1, 0.15) is 30.8 Å². The first-order valence-corrected chi connectivity index (χ1v) is 9.72. The predicted octanol–water partition coefficient (Wildman–Crippen LogP) is 4.52. The first kappa shape index (κ1) is 18.7. The van der Waals surface area contributed by atoms with Crippen LogP contribution in [0.25, 0.3) is 0 Å². The van der Waals surface area contributed by atoms with E-state index in [0.29, 0.717) is 13.2 Å². The van der Waals surface area contributed by atoms with Gasteiger partial charge in [-0.2, -0.15) is 0 Å². The summed E-state index contributed by atoms with van der Waals surface area (Å²) in [5.74, 6) is -0.791. The maximum absolute atomic E-state index is 12.7. The van der Waals surface area contributed by atoms with Gasteiger partial charge in [0.1, 0.15) is 5.78 Å². The van der Waals surface area contributed by atoms with Gasteiger partial charge in [-0.05, 0) is 37.1 Å². The van der Waals surface area contributed by atoms with Crippen molar-refractivity contribution in [3.05, 3.63) is 65.7 Å². The molecule has 0 saturated heterocycles. The van der Waals surface area contributed by atoms with Crippen LogP contribution in [0.2, 0.25) is 0 Å². The molecule has 0 heterocycles. The molecular weight excluding hydrogens is 323 g/mol. The van der Waals surface area contributed by atoms with E-state index in [0.717, 1.165) is 17.8 Å². The molecule has 1 atom stereocenters. The molecule has 3 N–H and O–H groups in total. The number of nitrogens with one attached hydrogen (secondary N) is 1. The summed E-state index contributed by atoms with van der Waals surface area (Å²) in [5, 5.41) is 3.34. The molecule has 2 rings (SSSR count). The molecule has 0 saturated carbocycles. The molecule has 0 aliphatic carbocycles. The lowest BCUT2D eigenvalue weighted by molar-refractivity contribution is 0.212.